The summed E-state index contributed by atoms with van der Waals surface area (Å²) in [7, 11) is 0. The molecule has 76 valence electrons. The maximum Gasteiger partial charge on any atom is 0.119 e. The molecule has 0 saturated carbocycles. The summed E-state index contributed by atoms with van der Waals surface area (Å²) in [5.41, 5.74) is 6.87. The molecule has 3 N–H and O–H groups in total. The largest absolute Gasteiger partial charge is 0.508 e. The van der Waals surface area contributed by atoms with Crippen molar-refractivity contribution in [2.75, 3.05) is 0 Å². The molecule has 1 aromatic rings. The number of nitrogens with two attached hydrogens (primary N) is 1. The van der Waals surface area contributed by atoms with Crippen LogP contribution in [-0.2, 0) is 6.42 Å². The normalized spacial score (nSPS) is 22.0. The number of rotatable bonds is 2. The number of phenols is 1. The fourth-order valence-corrected chi connectivity index (χ4v) is 3.36. The van der Waals surface area contributed by atoms with E-state index in [1.54, 1.807) is 6.07 Å². The van der Waals surface area contributed by atoms with Crippen molar-refractivity contribution >= 4 is 11.8 Å². The van der Waals surface area contributed by atoms with Gasteiger partial charge in [0.25, 0.3) is 0 Å². The van der Waals surface area contributed by atoms with E-state index in [1.165, 1.54) is 4.90 Å². The van der Waals surface area contributed by atoms with Gasteiger partial charge < -0.3 is 10.8 Å². The third-order valence-corrected chi connectivity index (χ3v) is 3.80. The quantitative estimate of drug-likeness (QED) is 0.784. The van der Waals surface area contributed by atoms with E-state index in [-0.39, 0.29) is 6.04 Å². The van der Waals surface area contributed by atoms with Crippen molar-refractivity contribution in [1.29, 1.82) is 0 Å². The van der Waals surface area contributed by atoms with Gasteiger partial charge in [-0.2, -0.15) is 0 Å². The van der Waals surface area contributed by atoms with Crippen LogP contribution in [-0.4, -0.2) is 16.4 Å². The summed E-state index contributed by atoms with van der Waals surface area (Å²) in [6.45, 7) is 2.03. The standard InChI is InChI=1S/C11H15NOS/c1-7(12)5-8-6-9-10(13)3-2-4-11(9)14-8/h2-4,7-8,13H,5-6,12H2,1H3. The molecule has 0 aliphatic carbocycles. The Hall–Kier alpha value is -0.670. The van der Waals surface area contributed by atoms with Crippen molar-refractivity contribution in [2.24, 2.45) is 5.73 Å². The second-order valence-electron chi connectivity index (χ2n) is 3.91. The van der Waals surface area contributed by atoms with Gasteiger partial charge in [0.05, 0.1) is 0 Å². The number of benzene rings is 1. The van der Waals surface area contributed by atoms with Crippen molar-refractivity contribution in [3.8, 4) is 5.75 Å². The summed E-state index contributed by atoms with van der Waals surface area (Å²) >= 11 is 1.84. The Balaban J connectivity index is 2.14. The van der Waals surface area contributed by atoms with E-state index in [1.807, 2.05) is 24.8 Å². The molecule has 2 atom stereocenters. The molecule has 1 aromatic carbocycles. The zero-order chi connectivity index (χ0) is 10.1. The molecule has 0 aromatic heterocycles. The van der Waals surface area contributed by atoms with Crippen LogP contribution in [0.1, 0.15) is 18.9 Å². The predicted molar refractivity (Wildman–Crippen MR) is 59.7 cm³/mol. The van der Waals surface area contributed by atoms with Crippen molar-refractivity contribution in [3.05, 3.63) is 23.8 Å². The average Bonchev–Trinajstić information content (AvgIpc) is 2.47. The van der Waals surface area contributed by atoms with Crippen molar-refractivity contribution in [3.63, 3.8) is 0 Å². The fourth-order valence-electron chi connectivity index (χ4n) is 1.86. The summed E-state index contributed by atoms with van der Waals surface area (Å²) in [4.78, 5) is 1.22. The molecular formula is C11H15NOS. The van der Waals surface area contributed by atoms with E-state index >= 15 is 0 Å². The van der Waals surface area contributed by atoms with E-state index in [0.717, 1.165) is 18.4 Å². The molecule has 0 bridgehead atoms. The number of phenolic OH excluding ortho intramolecular Hbond substituents is 1. The second kappa shape index (κ2) is 3.83. The maximum absolute atomic E-state index is 9.64. The Kier molecular flexibility index (Phi) is 2.70. The van der Waals surface area contributed by atoms with Crippen LogP contribution in [0.15, 0.2) is 23.1 Å². The Morgan fingerprint density at radius 1 is 1.64 bits per heavy atom. The van der Waals surface area contributed by atoms with Crippen molar-refractivity contribution in [2.45, 2.75) is 36.0 Å². The molecule has 3 heteroatoms. The van der Waals surface area contributed by atoms with Gasteiger partial charge in [0, 0.05) is 21.8 Å². The van der Waals surface area contributed by atoms with Crippen LogP contribution in [0.5, 0.6) is 5.75 Å². The van der Waals surface area contributed by atoms with Crippen LogP contribution in [0.25, 0.3) is 0 Å². The van der Waals surface area contributed by atoms with Gasteiger partial charge in [-0.15, -0.1) is 11.8 Å². The first-order chi connectivity index (χ1) is 6.66. The van der Waals surface area contributed by atoms with Crippen LogP contribution in [0.2, 0.25) is 0 Å². The number of hydrogen-bond donors (Lipinski definition) is 2. The molecule has 2 unspecified atom stereocenters. The molecule has 0 spiro atoms. The van der Waals surface area contributed by atoms with E-state index in [2.05, 4.69) is 6.07 Å². The maximum atomic E-state index is 9.64. The molecule has 2 rings (SSSR count). The lowest BCUT2D eigenvalue weighted by atomic mass is 10.1. The molecule has 0 radical (unpaired) electrons. The smallest absolute Gasteiger partial charge is 0.119 e. The average molecular weight is 209 g/mol. The molecule has 1 aliphatic rings. The van der Waals surface area contributed by atoms with Crippen LogP contribution >= 0.6 is 11.8 Å². The number of fused-ring (bicyclic) bond motifs is 1. The highest BCUT2D eigenvalue weighted by molar-refractivity contribution is 8.00. The molecule has 0 saturated heterocycles. The summed E-state index contributed by atoms with van der Waals surface area (Å²) < 4.78 is 0. The van der Waals surface area contributed by atoms with Gasteiger partial charge in [-0.05, 0) is 31.9 Å². The molecule has 14 heavy (non-hydrogen) atoms. The fraction of sp³-hybridized carbons (Fsp3) is 0.455. The summed E-state index contributed by atoms with van der Waals surface area (Å²) in [6, 6.07) is 5.97. The lowest BCUT2D eigenvalue weighted by molar-refractivity contribution is 0.465. The first-order valence-corrected chi connectivity index (χ1v) is 5.78. The predicted octanol–water partition coefficient (Wildman–Crippen LogP) is 2.15. The number of aromatic hydroxyl groups is 1. The minimum Gasteiger partial charge on any atom is -0.508 e. The Labute approximate surface area is 88.5 Å². The highest BCUT2D eigenvalue weighted by atomic mass is 32.2. The molecule has 2 nitrogen and oxygen atoms in total. The second-order valence-corrected chi connectivity index (χ2v) is 5.25. The molecule has 1 aliphatic heterocycles. The first kappa shape index (κ1) is 9.87. The zero-order valence-electron chi connectivity index (χ0n) is 8.23. The van der Waals surface area contributed by atoms with Gasteiger partial charge in [-0.1, -0.05) is 6.07 Å². The Morgan fingerprint density at radius 2 is 2.43 bits per heavy atom. The van der Waals surface area contributed by atoms with Crippen molar-refractivity contribution in [1.82, 2.24) is 0 Å². The summed E-state index contributed by atoms with van der Waals surface area (Å²) in [6.07, 6.45) is 1.97. The minimum absolute atomic E-state index is 0.240. The zero-order valence-corrected chi connectivity index (χ0v) is 9.05. The lowest BCUT2D eigenvalue weighted by Crippen LogP contribution is -2.20. The monoisotopic (exact) mass is 209 g/mol. The highest BCUT2D eigenvalue weighted by Crippen LogP contribution is 2.42. The van der Waals surface area contributed by atoms with Gasteiger partial charge in [-0.25, -0.2) is 0 Å². The summed E-state index contributed by atoms with van der Waals surface area (Å²) in [5.74, 6) is 0.433. The van der Waals surface area contributed by atoms with Gasteiger partial charge in [-0.3, -0.25) is 0 Å². The van der Waals surface area contributed by atoms with E-state index < -0.39 is 0 Å². The van der Waals surface area contributed by atoms with E-state index in [9.17, 15) is 5.11 Å². The molecular weight excluding hydrogens is 194 g/mol. The number of thioether (sulfide) groups is 1. The third-order valence-electron chi connectivity index (χ3n) is 2.47. The van der Waals surface area contributed by atoms with Crippen LogP contribution in [0.4, 0.5) is 0 Å². The summed E-state index contributed by atoms with van der Waals surface area (Å²) in [5, 5.41) is 10.2. The molecule has 1 heterocycles. The van der Waals surface area contributed by atoms with Gasteiger partial charge in [0.1, 0.15) is 5.75 Å². The Bertz CT molecular complexity index is 338. The van der Waals surface area contributed by atoms with E-state index in [0.29, 0.717) is 11.0 Å². The van der Waals surface area contributed by atoms with Crippen LogP contribution in [0, 0.1) is 0 Å². The van der Waals surface area contributed by atoms with Gasteiger partial charge in [0.2, 0.25) is 0 Å². The van der Waals surface area contributed by atoms with Crippen LogP contribution in [0.3, 0.4) is 0 Å². The Morgan fingerprint density at radius 3 is 3.07 bits per heavy atom. The van der Waals surface area contributed by atoms with Crippen molar-refractivity contribution < 1.29 is 5.11 Å². The topological polar surface area (TPSA) is 46.2 Å². The van der Waals surface area contributed by atoms with Gasteiger partial charge >= 0.3 is 0 Å². The lowest BCUT2D eigenvalue weighted by Gasteiger charge is -2.10. The minimum atomic E-state index is 0.240. The molecule has 0 amide bonds. The van der Waals surface area contributed by atoms with Gasteiger partial charge in [0.15, 0.2) is 0 Å². The molecule has 0 fully saturated rings. The van der Waals surface area contributed by atoms with E-state index in [4.69, 9.17) is 5.73 Å². The number of hydrogen-bond acceptors (Lipinski definition) is 3. The highest BCUT2D eigenvalue weighted by Gasteiger charge is 2.24. The SMILES string of the molecule is CC(N)CC1Cc2c(O)cccc2S1. The van der Waals surface area contributed by atoms with Crippen LogP contribution < -0.4 is 5.73 Å². The third kappa shape index (κ3) is 1.88. The first-order valence-electron chi connectivity index (χ1n) is 4.90.